The molecule has 3 heteroatoms. The van der Waals surface area contributed by atoms with Gasteiger partial charge in [-0.05, 0) is 70.2 Å². The quantitative estimate of drug-likeness (QED) is 0.764. The summed E-state index contributed by atoms with van der Waals surface area (Å²) in [6.07, 6.45) is 7.67. The monoisotopic (exact) mass is 252 g/mol. The van der Waals surface area contributed by atoms with Crippen molar-refractivity contribution in [3.05, 3.63) is 21.4 Å². The van der Waals surface area contributed by atoms with Gasteiger partial charge in [-0.25, -0.2) is 0 Å². The summed E-state index contributed by atoms with van der Waals surface area (Å²) in [7, 11) is 0. The molecule has 0 saturated carbocycles. The zero-order valence-electron chi connectivity index (χ0n) is 10.8. The minimum atomic E-state index is 0.503. The average molecular weight is 252 g/mol. The molecule has 0 fully saturated rings. The lowest BCUT2D eigenvalue weighted by Crippen LogP contribution is -2.19. The molecule has 1 aromatic heterocycles. The highest BCUT2D eigenvalue weighted by molar-refractivity contribution is 7.12. The van der Waals surface area contributed by atoms with Crippen LogP contribution in [0.25, 0.3) is 0 Å². The number of nitrogens with two attached hydrogens (primary N) is 1. The first kappa shape index (κ1) is 13.1. The van der Waals surface area contributed by atoms with Gasteiger partial charge in [0.2, 0.25) is 0 Å². The van der Waals surface area contributed by atoms with Gasteiger partial charge in [0, 0.05) is 15.8 Å². The van der Waals surface area contributed by atoms with Gasteiger partial charge in [-0.1, -0.05) is 0 Å². The lowest BCUT2D eigenvalue weighted by Gasteiger charge is -2.11. The minimum absolute atomic E-state index is 0.503. The van der Waals surface area contributed by atoms with Crippen LogP contribution in [0.2, 0.25) is 0 Å². The van der Waals surface area contributed by atoms with Crippen LogP contribution in [0.4, 0.5) is 0 Å². The zero-order valence-corrected chi connectivity index (χ0v) is 11.6. The van der Waals surface area contributed by atoms with E-state index in [4.69, 9.17) is 5.73 Å². The Kier molecular flexibility index (Phi) is 5.01. The van der Waals surface area contributed by atoms with Crippen molar-refractivity contribution in [1.82, 2.24) is 5.32 Å². The zero-order chi connectivity index (χ0) is 12.1. The Balaban J connectivity index is 1.86. The third-order valence-electron chi connectivity index (χ3n) is 3.52. The number of thiophene rings is 1. The molecule has 1 atom stereocenters. The van der Waals surface area contributed by atoms with Gasteiger partial charge in [0.05, 0.1) is 0 Å². The molecule has 1 aliphatic carbocycles. The first-order valence-corrected chi connectivity index (χ1v) is 7.68. The molecule has 0 spiro atoms. The van der Waals surface area contributed by atoms with Crippen LogP contribution in [-0.4, -0.2) is 13.1 Å². The Morgan fingerprint density at radius 2 is 2.18 bits per heavy atom. The molecule has 1 aromatic rings. The van der Waals surface area contributed by atoms with E-state index in [0.29, 0.717) is 6.04 Å². The van der Waals surface area contributed by atoms with Gasteiger partial charge >= 0.3 is 0 Å². The molecule has 1 unspecified atom stereocenters. The van der Waals surface area contributed by atoms with E-state index in [0.717, 1.165) is 19.5 Å². The normalized spacial score (nSPS) is 16.8. The van der Waals surface area contributed by atoms with Crippen molar-refractivity contribution in [2.75, 3.05) is 13.1 Å². The number of unbranched alkanes of at least 4 members (excludes halogenated alkanes) is 1. The highest BCUT2D eigenvalue weighted by Gasteiger charge is 2.15. The molecule has 3 N–H and O–H groups in total. The second-order valence-corrected chi connectivity index (χ2v) is 6.14. The van der Waals surface area contributed by atoms with Crippen molar-refractivity contribution in [2.24, 2.45) is 5.73 Å². The van der Waals surface area contributed by atoms with Gasteiger partial charge in [0.1, 0.15) is 0 Å². The third kappa shape index (κ3) is 3.54. The molecule has 0 saturated heterocycles. The molecule has 2 nitrogen and oxygen atoms in total. The molecule has 0 radical (unpaired) electrons. The smallest absolute Gasteiger partial charge is 0.0386 e. The van der Waals surface area contributed by atoms with Gasteiger partial charge < -0.3 is 11.1 Å². The minimum Gasteiger partial charge on any atom is -0.330 e. The Morgan fingerprint density at radius 3 is 2.94 bits per heavy atom. The van der Waals surface area contributed by atoms with Gasteiger partial charge in [-0.3, -0.25) is 0 Å². The van der Waals surface area contributed by atoms with E-state index in [1.54, 1.807) is 10.4 Å². The van der Waals surface area contributed by atoms with Crippen molar-refractivity contribution in [3.8, 4) is 0 Å². The largest absolute Gasteiger partial charge is 0.330 e. The predicted octanol–water partition coefficient (Wildman–Crippen LogP) is 3.02. The fraction of sp³-hybridized carbons (Fsp3) is 0.714. The lowest BCUT2D eigenvalue weighted by molar-refractivity contribution is 0.554. The maximum absolute atomic E-state index is 5.50. The summed E-state index contributed by atoms with van der Waals surface area (Å²) in [5, 5.41) is 3.60. The van der Waals surface area contributed by atoms with Crippen molar-refractivity contribution < 1.29 is 0 Å². The number of hydrogen-bond donors (Lipinski definition) is 2. The second-order valence-electron chi connectivity index (χ2n) is 4.98. The molecule has 1 aliphatic rings. The first-order chi connectivity index (χ1) is 8.31. The van der Waals surface area contributed by atoms with E-state index >= 15 is 0 Å². The summed E-state index contributed by atoms with van der Waals surface area (Å²) < 4.78 is 0. The standard InChI is InChI=1S/C14H24N2S/c1-11(16-9-5-4-8-15)14-10-12-6-2-3-7-13(12)17-14/h10-11,16H,2-9,15H2,1H3. The van der Waals surface area contributed by atoms with Crippen LogP contribution < -0.4 is 11.1 Å². The number of aryl methyl sites for hydroxylation is 2. The predicted molar refractivity (Wildman–Crippen MR) is 75.7 cm³/mol. The Labute approximate surface area is 109 Å². The highest BCUT2D eigenvalue weighted by atomic mass is 32.1. The summed E-state index contributed by atoms with van der Waals surface area (Å²) in [4.78, 5) is 3.16. The molecule has 96 valence electrons. The SMILES string of the molecule is CC(NCCCCN)c1cc2c(s1)CCCC2. The highest BCUT2D eigenvalue weighted by Crippen LogP contribution is 2.32. The molecule has 2 rings (SSSR count). The van der Waals surface area contributed by atoms with E-state index in [2.05, 4.69) is 18.3 Å². The van der Waals surface area contributed by atoms with Gasteiger partial charge in [-0.15, -0.1) is 11.3 Å². The van der Waals surface area contributed by atoms with Crippen LogP contribution in [0.15, 0.2) is 6.07 Å². The molecule has 17 heavy (non-hydrogen) atoms. The Morgan fingerprint density at radius 1 is 1.35 bits per heavy atom. The first-order valence-electron chi connectivity index (χ1n) is 6.86. The maximum atomic E-state index is 5.50. The van der Waals surface area contributed by atoms with Crippen LogP contribution in [0.5, 0.6) is 0 Å². The molecule has 0 aromatic carbocycles. The number of nitrogens with one attached hydrogen (secondary N) is 1. The van der Waals surface area contributed by atoms with Crippen LogP contribution in [0.1, 0.15) is 54.0 Å². The molecule has 0 aliphatic heterocycles. The van der Waals surface area contributed by atoms with Crippen LogP contribution in [0, 0.1) is 0 Å². The van der Waals surface area contributed by atoms with E-state index < -0.39 is 0 Å². The van der Waals surface area contributed by atoms with Gasteiger partial charge in [0.25, 0.3) is 0 Å². The van der Waals surface area contributed by atoms with Crippen molar-refractivity contribution >= 4 is 11.3 Å². The van der Waals surface area contributed by atoms with E-state index in [9.17, 15) is 0 Å². The van der Waals surface area contributed by atoms with E-state index in [1.807, 2.05) is 11.3 Å². The van der Waals surface area contributed by atoms with Crippen molar-refractivity contribution in [1.29, 1.82) is 0 Å². The number of fused-ring (bicyclic) bond motifs is 1. The summed E-state index contributed by atoms with van der Waals surface area (Å²) in [5.41, 5.74) is 7.11. The summed E-state index contributed by atoms with van der Waals surface area (Å²) >= 11 is 2.02. The van der Waals surface area contributed by atoms with Crippen LogP contribution >= 0.6 is 11.3 Å². The van der Waals surface area contributed by atoms with Gasteiger partial charge in [0.15, 0.2) is 0 Å². The van der Waals surface area contributed by atoms with E-state index in [1.165, 1.54) is 37.0 Å². The molecule has 0 amide bonds. The molecular formula is C14H24N2S. The van der Waals surface area contributed by atoms with Gasteiger partial charge in [-0.2, -0.15) is 0 Å². The lowest BCUT2D eigenvalue weighted by atomic mass is 9.99. The summed E-state index contributed by atoms with van der Waals surface area (Å²) in [6.45, 7) is 4.17. The fourth-order valence-electron chi connectivity index (χ4n) is 2.42. The van der Waals surface area contributed by atoms with Crippen LogP contribution in [0.3, 0.4) is 0 Å². The fourth-order valence-corrected chi connectivity index (χ4v) is 3.70. The number of hydrogen-bond acceptors (Lipinski definition) is 3. The molecular weight excluding hydrogens is 228 g/mol. The third-order valence-corrected chi connectivity index (χ3v) is 4.94. The molecule has 0 bridgehead atoms. The number of rotatable bonds is 6. The van der Waals surface area contributed by atoms with Crippen LogP contribution in [-0.2, 0) is 12.8 Å². The average Bonchev–Trinajstić information content (AvgIpc) is 2.78. The second kappa shape index (κ2) is 6.53. The summed E-state index contributed by atoms with van der Waals surface area (Å²) in [5.74, 6) is 0. The maximum Gasteiger partial charge on any atom is 0.0386 e. The van der Waals surface area contributed by atoms with Crippen molar-refractivity contribution in [3.63, 3.8) is 0 Å². The topological polar surface area (TPSA) is 38.0 Å². The Bertz CT molecular complexity index is 322. The van der Waals surface area contributed by atoms with Crippen molar-refractivity contribution in [2.45, 2.75) is 51.5 Å². The molecule has 1 heterocycles. The summed E-state index contributed by atoms with van der Waals surface area (Å²) in [6, 6.07) is 2.93. The van der Waals surface area contributed by atoms with E-state index in [-0.39, 0.29) is 0 Å². The Hall–Kier alpha value is -0.380.